The van der Waals surface area contributed by atoms with Crippen molar-refractivity contribution in [2.45, 2.75) is 64.6 Å². The van der Waals surface area contributed by atoms with Crippen LogP contribution in [0.15, 0.2) is 24.3 Å². The number of amides is 2. The molecule has 2 amide bonds. The maximum absolute atomic E-state index is 13.0. The number of carbonyl (C=O) groups excluding carboxylic acids is 2. The second kappa shape index (κ2) is 6.47. The van der Waals surface area contributed by atoms with E-state index in [2.05, 4.69) is 24.4 Å². The average Bonchev–Trinajstić information content (AvgIpc) is 3.23. The number of carbonyl (C=O) groups is 2. The summed E-state index contributed by atoms with van der Waals surface area (Å²) < 4.78 is 0. The van der Waals surface area contributed by atoms with Crippen LogP contribution in [0, 0.1) is 17.8 Å². The van der Waals surface area contributed by atoms with Gasteiger partial charge in [-0.15, -0.1) is 0 Å². The summed E-state index contributed by atoms with van der Waals surface area (Å²) in [5, 5.41) is 3.26. The van der Waals surface area contributed by atoms with E-state index in [1.807, 2.05) is 12.1 Å². The van der Waals surface area contributed by atoms with Crippen molar-refractivity contribution in [3.63, 3.8) is 0 Å². The summed E-state index contributed by atoms with van der Waals surface area (Å²) in [6.45, 7) is 4.25. The Bertz CT molecular complexity index is 686. The third kappa shape index (κ3) is 3.07. The maximum Gasteiger partial charge on any atom is 0.243 e. The van der Waals surface area contributed by atoms with Gasteiger partial charge in [0.05, 0.1) is 0 Å². The second-order valence-corrected chi connectivity index (χ2v) is 8.27. The Hall–Kier alpha value is -1.84. The fraction of sp³-hybridized carbons (Fsp3) is 0.619. The topological polar surface area (TPSA) is 49.4 Å². The molecule has 1 N–H and O–H groups in total. The number of benzene rings is 1. The zero-order chi connectivity index (χ0) is 17.6. The molecule has 2 bridgehead atoms. The molecule has 0 saturated heterocycles. The minimum Gasteiger partial charge on any atom is -0.352 e. The number of hydrogen-bond donors (Lipinski definition) is 1. The van der Waals surface area contributed by atoms with Crippen molar-refractivity contribution in [2.75, 3.05) is 0 Å². The summed E-state index contributed by atoms with van der Waals surface area (Å²) in [4.78, 5) is 26.8. The standard InChI is InChI=1S/C21H28N2O2/c1-13(19-10-15-7-8-17(19)9-15)22-21(25)20-11-16-5-3-4-6-18(16)12-23(20)14(2)24/h3-6,13,15,17,19-20H,7-12H2,1-2H3,(H,22,25)/t13-,15+,17-,19-,20+/m1/s1. The third-order valence-corrected chi connectivity index (χ3v) is 6.76. The smallest absolute Gasteiger partial charge is 0.243 e. The van der Waals surface area contributed by atoms with Crippen LogP contribution in [0.4, 0.5) is 0 Å². The minimum atomic E-state index is -0.381. The van der Waals surface area contributed by atoms with E-state index in [4.69, 9.17) is 0 Å². The molecule has 5 atom stereocenters. The molecular formula is C21H28N2O2. The van der Waals surface area contributed by atoms with E-state index in [1.165, 1.54) is 31.2 Å². The maximum atomic E-state index is 13.0. The minimum absolute atomic E-state index is 0.0139. The van der Waals surface area contributed by atoms with Crippen molar-refractivity contribution in [1.29, 1.82) is 0 Å². The molecule has 0 spiro atoms. The summed E-state index contributed by atoms with van der Waals surface area (Å²) in [6.07, 6.45) is 5.92. The van der Waals surface area contributed by atoms with E-state index in [0.29, 0.717) is 18.9 Å². The van der Waals surface area contributed by atoms with Crippen molar-refractivity contribution < 1.29 is 9.59 Å². The molecule has 25 heavy (non-hydrogen) atoms. The van der Waals surface area contributed by atoms with Crippen LogP contribution in [0.3, 0.4) is 0 Å². The highest BCUT2D eigenvalue weighted by atomic mass is 16.2. The predicted octanol–water partition coefficient (Wildman–Crippen LogP) is 2.90. The molecular weight excluding hydrogens is 312 g/mol. The molecule has 4 rings (SSSR count). The van der Waals surface area contributed by atoms with Gasteiger partial charge in [-0.05, 0) is 55.1 Å². The molecule has 4 heteroatoms. The van der Waals surface area contributed by atoms with Gasteiger partial charge < -0.3 is 10.2 Å². The van der Waals surface area contributed by atoms with Crippen LogP contribution < -0.4 is 5.32 Å². The fourth-order valence-electron chi connectivity index (χ4n) is 5.42. The van der Waals surface area contributed by atoms with Crippen molar-refractivity contribution in [1.82, 2.24) is 10.2 Å². The monoisotopic (exact) mass is 340 g/mol. The fourth-order valence-corrected chi connectivity index (χ4v) is 5.42. The summed E-state index contributed by atoms with van der Waals surface area (Å²) in [6, 6.07) is 7.95. The Morgan fingerprint density at radius 3 is 2.56 bits per heavy atom. The van der Waals surface area contributed by atoms with Gasteiger partial charge in [-0.1, -0.05) is 30.7 Å². The highest BCUT2D eigenvalue weighted by Crippen LogP contribution is 2.49. The first-order valence-corrected chi connectivity index (χ1v) is 9.67. The molecule has 134 valence electrons. The van der Waals surface area contributed by atoms with Gasteiger partial charge in [-0.3, -0.25) is 9.59 Å². The van der Waals surface area contributed by atoms with Gasteiger partial charge in [0.15, 0.2) is 0 Å². The molecule has 1 aliphatic heterocycles. The van der Waals surface area contributed by atoms with E-state index < -0.39 is 0 Å². The van der Waals surface area contributed by atoms with Crippen LogP contribution in [0.25, 0.3) is 0 Å². The van der Waals surface area contributed by atoms with Crippen LogP contribution in [0.2, 0.25) is 0 Å². The Labute approximate surface area is 150 Å². The predicted molar refractivity (Wildman–Crippen MR) is 96.7 cm³/mol. The van der Waals surface area contributed by atoms with E-state index in [9.17, 15) is 9.59 Å². The number of nitrogens with one attached hydrogen (secondary N) is 1. The first-order chi connectivity index (χ1) is 12.0. The van der Waals surface area contributed by atoms with Gasteiger partial charge in [-0.2, -0.15) is 0 Å². The molecule has 0 aromatic heterocycles. The Kier molecular flexibility index (Phi) is 4.30. The summed E-state index contributed by atoms with van der Waals surface area (Å²) in [5.74, 6) is 2.27. The van der Waals surface area contributed by atoms with Gasteiger partial charge in [-0.25, -0.2) is 0 Å². The van der Waals surface area contributed by atoms with Crippen molar-refractivity contribution in [3.8, 4) is 0 Å². The lowest BCUT2D eigenvalue weighted by molar-refractivity contribution is -0.140. The van der Waals surface area contributed by atoms with Gasteiger partial charge in [0, 0.05) is 25.9 Å². The Morgan fingerprint density at radius 2 is 1.92 bits per heavy atom. The molecule has 2 saturated carbocycles. The number of fused-ring (bicyclic) bond motifs is 3. The summed E-state index contributed by atoms with van der Waals surface area (Å²) >= 11 is 0. The normalized spacial score (nSPS) is 31.5. The van der Waals surface area contributed by atoms with Gasteiger partial charge >= 0.3 is 0 Å². The van der Waals surface area contributed by atoms with Crippen LogP contribution in [-0.2, 0) is 22.6 Å². The molecule has 0 unspecified atom stereocenters. The molecule has 2 fully saturated rings. The number of nitrogens with zero attached hydrogens (tertiary/aromatic N) is 1. The van der Waals surface area contributed by atoms with Crippen molar-refractivity contribution in [3.05, 3.63) is 35.4 Å². The number of hydrogen-bond acceptors (Lipinski definition) is 2. The zero-order valence-electron chi connectivity index (χ0n) is 15.2. The van der Waals surface area contributed by atoms with E-state index in [-0.39, 0.29) is 23.9 Å². The molecule has 3 aliphatic rings. The van der Waals surface area contributed by atoms with Gasteiger partial charge in [0.25, 0.3) is 0 Å². The average molecular weight is 340 g/mol. The highest BCUT2D eigenvalue weighted by Gasteiger charge is 2.43. The van der Waals surface area contributed by atoms with Gasteiger partial charge in [0.1, 0.15) is 6.04 Å². The zero-order valence-corrected chi connectivity index (χ0v) is 15.2. The van der Waals surface area contributed by atoms with Crippen LogP contribution in [-0.4, -0.2) is 28.8 Å². The molecule has 2 aliphatic carbocycles. The SMILES string of the molecule is CC(=O)N1Cc2ccccc2C[C@H]1C(=O)N[C@H](C)[C@H]1C[C@H]2CC[C@@H]1C2. The Morgan fingerprint density at radius 1 is 1.16 bits per heavy atom. The molecule has 0 radical (unpaired) electrons. The molecule has 1 aromatic carbocycles. The third-order valence-electron chi connectivity index (χ3n) is 6.76. The molecule has 1 heterocycles. The van der Waals surface area contributed by atoms with Crippen LogP contribution in [0.5, 0.6) is 0 Å². The van der Waals surface area contributed by atoms with Crippen LogP contribution in [0.1, 0.15) is 50.7 Å². The first kappa shape index (κ1) is 16.6. The lowest BCUT2D eigenvalue weighted by Crippen LogP contribution is -2.54. The molecule has 4 nitrogen and oxygen atoms in total. The van der Waals surface area contributed by atoms with E-state index >= 15 is 0 Å². The van der Waals surface area contributed by atoms with Crippen molar-refractivity contribution >= 4 is 11.8 Å². The lowest BCUT2D eigenvalue weighted by atomic mass is 9.83. The summed E-state index contributed by atoms with van der Waals surface area (Å²) in [5.41, 5.74) is 2.34. The lowest BCUT2D eigenvalue weighted by Gasteiger charge is -2.37. The highest BCUT2D eigenvalue weighted by molar-refractivity contribution is 5.88. The van der Waals surface area contributed by atoms with Crippen molar-refractivity contribution in [2.24, 2.45) is 17.8 Å². The summed E-state index contributed by atoms with van der Waals surface area (Å²) in [7, 11) is 0. The quantitative estimate of drug-likeness (QED) is 0.920. The van der Waals surface area contributed by atoms with Crippen LogP contribution >= 0.6 is 0 Å². The number of rotatable bonds is 3. The Balaban J connectivity index is 1.47. The van der Waals surface area contributed by atoms with E-state index in [1.54, 1.807) is 11.8 Å². The van der Waals surface area contributed by atoms with E-state index in [0.717, 1.165) is 17.4 Å². The largest absolute Gasteiger partial charge is 0.352 e. The molecule has 1 aromatic rings. The second-order valence-electron chi connectivity index (χ2n) is 8.27. The van der Waals surface area contributed by atoms with Gasteiger partial charge in [0.2, 0.25) is 11.8 Å². The first-order valence-electron chi connectivity index (χ1n) is 9.67.